The minimum atomic E-state index is 0.120. The summed E-state index contributed by atoms with van der Waals surface area (Å²) in [5.41, 5.74) is 2.00. The Hall–Kier alpha value is -2.40. The molecule has 2 aromatic heterocycles. The third-order valence-electron chi connectivity index (χ3n) is 4.52. The van der Waals surface area contributed by atoms with Crippen LogP contribution in [0, 0.1) is 6.92 Å². The van der Waals surface area contributed by atoms with Gasteiger partial charge in [-0.2, -0.15) is 0 Å². The first-order valence-corrected chi connectivity index (χ1v) is 8.82. The van der Waals surface area contributed by atoms with Crippen LogP contribution in [0.1, 0.15) is 41.8 Å². The SMILES string of the molecule is Cc1cc(N2CCCC2c2ncc(Cc3ccccc3Cl)o2)ncn1. The number of anilines is 1. The first kappa shape index (κ1) is 16.1. The second-order valence-electron chi connectivity index (χ2n) is 6.30. The Bertz CT molecular complexity index is 879. The maximum atomic E-state index is 6.24. The highest BCUT2D eigenvalue weighted by Crippen LogP contribution is 2.35. The van der Waals surface area contributed by atoms with Crippen molar-refractivity contribution in [2.75, 3.05) is 11.4 Å². The maximum absolute atomic E-state index is 6.24. The van der Waals surface area contributed by atoms with E-state index in [9.17, 15) is 0 Å². The molecule has 4 rings (SSSR count). The normalized spacial score (nSPS) is 17.2. The van der Waals surface area contributed by atoms with E-state index in [1.807, 2.05) is 37.3 Å². The molecule has 1 fully saturated rings. The van der Waals surface area contributed by atoms with Gasteiger partial charge in [0.25, 0.3) is 0 Å². The van der Waals surface area contributed by atoms with Crippen molar-refractivity contribution in [1.82, 2.24) is 15.0 Å². The predicted octanol–water partition coefficient (Wildman–Crippen LogP) is 4.36. The number of aromatic nitrogens is 3. The largest absolute Gasteiger partial charge is 0.443 e. The molecule has 0 amide bonds. The lowest BCUT2D eigenvalue weighted by atomic mass is 10.1. The molecule has 6 heteroatoms. The average molecular weight is 355 g/mol. The molecular weight excluding hydrogens is 336 g/mol. The van der Waals surface area contributed by atoms with E-state index in [-0.39, 0.29) is 6.04 Å². The maximum Gasteiger partial charge on any atom is 0.217 e. The van der Waals surface area contributed by atoms with Crippen molar-refractivity contribution < 1.29 is 4.42 Å². The molecule has 1 aliphatic rings. The van der Waals surface area contributed by atoms with Gasteiger partial charge in [0.1, 0.15) is 23.9 Å². The third-order valence-corrected chi connectivity index (χ3v) is 4.88. The summed E-state index contributed by atoms with van der Waals surface area (Å²) < 4.78 is 6.05. The molecule has 1 unspecified atom stereocenters. The molecule has 0 saturated carbocycles. The van der Waals surface area contributed by atoms with Crippen molar-refractivity contribution in [3.8, 4) is 0 Å². The van der Waals surface area contributed by atoms with Crippen LogP contribution < -0.4 is 4.90 Å². The molecular formula is C19H19ClN4O. The molecule has 1 atom stereocenters. The van der Waals surface area contributed by atoms with E-state index in [0.29, 0.717) is 6.42 Å². The van der Waals surface area contributed by atoms with Crippen molar-refractivity contribution >= 4 is 17.4 Å². The van der Waals surface area contributed by atoms with Crippen LogP contribution in [0.4, 0.5) is 5.82 Å². The number of nitrogens with zero attached hydrogens (tertiary/aromatic N) is 4. The molecule has 25 heavy (non-hydrogen) atoms. The fraction of sp³-hybridized carbons (Fsp3) is 0.316. The van der Waals surface area contributed by atoms with E-state index in [4.69, 9.17) is 16.0 Å². The lowest BCUT2D eigenvalue weighted by molar-refractivity contribution is 0.424. The Kier molecular flexibility index (Phi) is 4.40. The molecule has 0 bridgehead atoms. The average Bonchev–Trinajstić information content (AvgIpc) is 3.26. The van der Waals surface area contributed by atoms with E-state index in [2.05, 4.69) is 19.9 Å². The van der Waals surface area contributed by atoms with E-state index in [1.165, 1.54) is 0 Å². The summed E-state index contributed by atoms with van der Waals surface area (Å²) in [6.45, 7) is 2.92. The second kappa shape index (κ2) is 6.84. The van der Waals surface area contributed by atoms with E-state index >= 15 is 0 Å². The highest BCUT2D eigenvalue weighted by atomic mass is 35.5. The summed E-state index contributed by atoms with van der Waals surface area (Å²) in [5.74, 6) is 2.51. The third kappa shape index (κ3) is 3.37. The number of oxazole rings is 1. The quantitative estimate of drug-likeness (QED) is 0.696. The zero-order chi connectivity index (χ0) is 17.2. The Balaban J connectivity index is 1.56. The molecule has 0 radical (unpaired) electrons. The van der Waals surface area contributed by atoms with Gasteiger partial charge in [-0.3, -0.25) is 0 Å². The van der Waals surface area contributed by atoms with Gasteiger partial charge in [0, 0.05) is 29.7 Å². The Morgan fingerprint density at radius 3 is 2.96 bits per heavy atom. The van der Waals surface area contributed by atoms with Gasteiger partial charge < -0.3 is 9.32 Å². The molecule has 1 aromatic carbocycles. The van der Waals surface area contributed by atoms with E-state index in [1.54, 1.807) is 12.5 Å². The first-order chi connectivity index (χ1) is 12.2. The summed E-state index contributed by atoms with van der Waals surface area (Å²) in [6.07, 6.45) is 6.16. The fourth-order valence-corrected chi connectivity index (χ4v) is 3.49. The summed E-state index contributed by atoms with van der Waals surface area (Å²) in [6, 6.07) is 9.94. The molecule has 0 spiro atoms. The number of hydrogen-bond donors (Lipinski definition) is 0. The molecule has 1 saturated heterocycles. The first-order valence-electron chi connectivity index (χ1n) is 8.44. The second-order valence-corrected chi connectivity index (χ2v) is 6.71. The highest BCUT2D eigenvalue weighted by Gasteiger charge is 2.31. The van der Waals surface area contributed by atoms with Gasteiger partial charge in [0.05, 0.1) is 6.20 Å². The van der Waals surface area contributed by atoms with Crippen LogP contribution in [0.15, 0.2) is 47.3 Å². The molecule has 5 nitrogen and oxygen atoms in total. The molecule has 128 valence electrons. The van der Waals surface area contributed by atoms with E-state index in [0.717, 1.165) is 53.1 Å². The van der Waals surface area contributed by atoms with Crippen molar-refractivity contribution in [3.63, 3.8) is 0 Å². The standard InChI is InChI=1S/C19H19ClN4O/c1-13-9-18(23-12-22-13)24-8-4-7-17(24)19-21-11-15(25-19)10-14-5-2-3-6-16(14)20/h2-3,5-6,9,11-12,17H,4,7-8,10H2,1H3. The Morgan fingerprint density at radius 1 is 1.24 bits per heavy atom. The van der Waals surface area contributed by atoms with Gasteiger partial charge >= 0.3 is 0 Å². The Morgan fingerprint density at radius 2 is 2.12 bits per heavy atom. The Labute approximate surface area is 151 Å². The monoisotopic (exact) mass is 354 g/mol. The van der Waals surface area contributed by atoms with Crippen LogP contribution in [0.3, 0.4) is 0 Å². The van der Waals surface area contributed by atoms with Crippen molar-refractivity contribution in [3.05, 3.63) is 70.8 Å². The van der Waals surface area contributed by atoms with Gasteiger partial charge in [-0.25, -0.2) is 15.0 Å². The van der Waals surface area contributed by atoms with E-state index < -0.39 is 0 Å². The van der Waals surface area contributed by atoms with Crippen LogP contribution in [-0.2, 0) is 6.42 Å². The van der Waals surface area contributed by atoms with Gasteiger partial charge in [-0.05, 0) is 31.4 Å². The number of aryl methyl sites for hydroxylation is 1. The molecule has 0 N–H and O–H groups in total. The van der Waals surface area contributed by atoms with Crippen LogP contribution in [-0.4, -0.2) is 21.5 Å². The lowest BCUT2D eigenvalue weighted by Crippen LogP contribution is -2.23. The number of rotatable bonds is 4. The van der Waals surface area contributed by atoms with Gasteiger partial charge in [0.2, 0.25) is 5.89 Å². The summed E-state index contributed by atoms with van der Waals surface area (Å²) in [4.78, 5) is 15.4. The number of halogens is 1. The summed E-state index contributed by atoms with van der Waals surface area (Å²) in [7, 11) is 0. The number of benzene rings is 1. The molecule has 0 aliphatic carbocycles. The topological polar surface area (TPSA) is 55.1 Å². The lowest BCUT2D eigenvalue weighted by Gasteiger charge is -2.23. The zero-order valence-corrected chi connectivity index (χ0v) is 14.8. The van der Waals surface area contributed by atoms with Crippen LogP contribution in [0.5, 0.6) is 0 Å². The van der Waals surface area contributed by atoms with Crippen LogP contribution >= 0.6 is 11.6 Å². The summed E-state index contributed by atoms with van der Waals surface area (Å²) >= 11 is 6.24. The van der Waals surface area contributed by atoms with Crippen molar-refractivity contribution in [1.29, 1.82) is 0 Å². The molecule has 3 aromatic rings. The van der Waals surface area contributed by atoms with Crippen molar-refractivity contribution in [2.45, 2.75) is 32.2 Å². The summed E-state index contributed by atoms with van der Waals surface area (Å²) in [5, 5.41) is 0.749. The molecule has 1 aliphatic heterocycles. The minimum absolute atomic E-state index is 0.120. The minimum Gasteiger partial charge on any atom is -0.443 e. The predicted molar refractivity (Wildman–Crippen MR) is 96.9 cm³/mol. The fourth-order valence-electron chi connectivity index (χ4n) is 3.28. The van der Waals surface area contributed by atoms with Crippen LogP contribution in [0.2, 0.25) is 5.02 Å². The smallest absolute Gasteiger partial charge is 0.217 e. The van der Waals surface area contributed by atoms with Crippen molar-refractivity contribution in [2.24, 2.45) is 0 Å². The van der Waals surface area contributed by atoms with Crippen LogP contribution in [0.25, 0.3) is 0 Å². The van der Waals surface area contributed by atoms with Gasteiger partial charge in [0.15, 0.2) is 0 Å². The molecule has 3 heterocycles. The number of hydrogen-bond acceptors (Lipinski definition) is 5. The van der Waals surface area contributed by atoms with Gasteiger partial charge in [-0.1, -0.05) is 29.8 Å². The zero-order valence-electron chi connectivity index (χ0n) is 14.0. The van der Waals surface area contributed by atoms with Gasteiger partial charge in [-0.15, -0.1) is 0 Å². The highest BCUT2D eigenvalue weighted by molar-refractivity contribution is 6.31.